The molecule has 2 aromatic rings. The van der Waals surface area contributed by atoms with E-state index in [0.29, 0.717) is 11.6 Å². The van der Waals surface area contributed by atoms with Gasteiger partial charge in [-0.25, -0.2) is 0 Å². The van der Waals surface area contributed by atoms with Crippen LogP contribution in [0.25, 0.3) is 0 Å². The van der Waals surface area contributed by atoms with Gasteiger partial charge in [-0.15, -0.1) is 0 Å². The molecule has 0 unspecified atom stereocenters. The highest BCUT2D eigenvalue weighted by molar-refractivity contribution is 6.33. The third-order valence-electron chi connectivity index (χ3n) is 4.47. The van der Waals surface area contributed by atoms with E-state index in [9.17, 15) is 4.79 Å². The zero-order valence-electron chi connectivity index (χ0n) is 13.9. The van der Waals surface area contributed by atoms with Crippen LogP contribution < -0.4 is 9.64 Å². The Hall–Kier alpha value is -2.04. The van der Waals surface area contributed by atoms with Crippen molar-refractivity contribution in [3.8, 4) is 5.75 Å². The van der Waals surface area contributed by atoms with Gasteiger partial charge in [0.05, 0.1) is 23.9 Å². The third-order valence-corrected chi connectivity index (χ3v) is 4.79. The van der Waals surface area contributed by atoms with Crippen LogP contribution >= 0.6 is 11.6 Å². The van der Waals surface area contributed by atoms with Crippen LogP contribution in [0.15, 0.2) is 48.5 Å². The Bertz CT molecular complexity index is 718. The lowest BCUT2D eigenvalue weighted by Crippen LogP contribution is -2.55. The van der Waals surface area contributed by atoms with E-state index in [1.807, 2.05) is 55.5 Å². The first kappa shape index (κ1) is 16.8. The molecular weight excluding hydrogens is 324 g/mol. The topological polar surface area (TPSA) is 32.8 Å². The van der Waals surface area contributed by atoms with Gasteiger partial charge in [-0.05, 0) is 36.8 Å². The van der Waals surface area contributed by atoms with Gasteiger partial charge in [0.15, 0.2) is 0 Å². The van der Waals surface area contributed by atoms with Gasteiger partial charge >= 0.3 is 0 Å². The number of benzene rings is 2. The summed E-state index contributed by atoms with van der Waals surface area (Å²) in [6, 6.07) is 15.3. The normalized spacial score (nSPS) is 18.7. The molecule has 1 heterocycles. The molecule has 1 aliphatic rings. The maximum absolute atomic E-state index is 12.8. The molecular formula is C19H21ClN2O2. The van der Waals surface area contributed by atoms with Crippen LogP contribution in [-0.4, -0.2) is 37.0 Å². The molecule has 3 rings (SSSR count). The molecule has 1 amide bonds. The smallest absolute Gasteiger partial charge is 0.244 e. The minimum atomic E-state index is -0.183. The minimum Gasteiger partial charge on any atom is -0.497 e. The number of anilines is 1. The summed E-state index contributed by atoms with van der Waals surface area (Å²) < 4.78 is 5.18. The van der Waals surface area contributed by atoms with Crippen molar-refractivity contribution in [2.75, 3.05) is 25.1 Å². The average molecular weight is 345 g/mol. The Morgan fingerprint density at radius 3 is 2.50 bits per heavy atom. The first-order valence-electron chi connectivity index (χ1n) is 8.03. The third kappa shape index (κ3) is 3.40. The van der Waals surface area contributed by atoms with Gasteiger partial charge in [-0.3, -0.25) is 9.69 Å². The number of nitrogens with zero attached hydrogens (tertiary/aromatic N) is 2. The second-order valence-corrected chi connectivity index (χ2v) is 6.34. The molecule has 0 N–H and O–H groups in total. The summed E-state index contributed by atoms with van der Waals surface area (Å²) in [5, 5.41) is 0.613. The van der Waals surface area contributed by atoms with Gasteiger partial charge in [0, 0.05) is 19.6 Å². The molecule has 0 spiro atoms. The van der Waals surface area contributed by atoms with Crippen molar-refractivity contribution in [3.63, 3.8) is 0 Å². The summed E-state index contributed by atoms with van der Waals surface area (Å²) in [5.41, 5.74) is 1.96. The summed E-state index contributed by atoms with van der Waals surface area (Å²) >= 11 is 6.25. The van der Waals surface area contributed by atoms with Crippen molar-refractivity contribution in [1.29, 1.82) is 0 Å². The molecule has 126 valence electrons. The molecule has 0 radical (unpaired) electrons. The quantitative estimate of drug-likeness (QED) is 0.849. The van der Waals surface area contributed by atoms with Gasteiger partial charge in [0.25, 0.3) is 0 Å². The zero-order chi connectivity index (χ0) is 17.1. The fourth-order valence-corrected chi connectivity index (χ4v) is 3.24. The van der Waals surface area contributed by atoms with Crippen LogP contribution in [0.1, 0.15) is 12.5 Å². The number of ether oxygens (including phenoxy) is 1. The second-order valence-electron chi connectivity index (χ2n) is 5.94. The molecule has 1 aliphatic heterocycles. The average Bonchev–Trinajstić information content (AvgIpc) is 2.61. The minimum absolute atomic E-state index is 0.0860. The number of methoxy groups -OCH3 is 1. The van der Waals surface area contributed by atoms with Crippen molar-refractivity contribution < 1.29 is 9.53 Å². The van der Waals surface area contributed by atoms with Crippen LogP contribution in [0.5, 0.6) is 5.75 Å². The van der Waals surface area contributed by atoms with Crippen molar-refractivity contribution in [2.24, 2.45) is 0 Å². The number of hydrogen-bond donors (Lipinski definition) is 0. The van der Waals surface area contributed by atoms with Gasteiger partial charge in [0.2, 0.25) is 5.91 Å². The Kier molecular flexibility index (Phi) is 5.07. The number of carbonyl (C=O) groups is 1. The van der Waals surface area contributed by atoms with E-state index in [1.165, 1.54) is 5.56 Å². The maximum Gasteiger partial charge on any atom is 0.244 e. The first-order chi connectivity index (χ1) is 11.6. The number of amides is 1. The lowest BCUT2D eigenvalue weighted by Gasteiger charge is -2.39. The van der Waals surface area contributed by atoms with E-state index < -0.39 is 0 Å². The Labute approximate surface area is 147 Å². The van der Waals surface area contributed by atoms with E-state index in [0.717, 1.165) is 24.5 Å². The summed E-state index contributed by atoms with van der Waals surface area (Å²) in [7, 11) is 1.66. The number of hydrogen-bond acceptors (Lipinski definition) is 3. The van der Waals surface area contributed by atoms with Crippen LogP contribution in [-0.2, 0) is 11.3 Å². The number of halogens is 1. The molecule has 0 aromatic heterocycles. The molecule has 4 nitrogen and oxygen atoms in total. The van der Waals surface area contributed by atoms with Crippen molar-refractivity contribution in [2.45, 2.75) is 19.5 Å². The van der Waals surface area contributed by atoms with Crippen molar-refractivity contribution >= 4 is 23.2 Å². The van der Waals surface area contributed by atoms with Crippen molar-refractivity contribution in [1.82, 2.24) is 4.90 Å². The maximum atomic E-state index is 12.8. The molecule has 1 saturated heterocycles. The number of piperazine rings is 1. The number of para-hydroxylation sites is 1. The molecule has 0 bridgehead atoms. The van der Waals surface area contributed by atoms with Gasteiger partial charge in [-0.1, -0.05) is 35.9 Å². The molecule has 5 heteroatoms. The van der Waals surface area contributed by atoms with Gasteiger partial charge < -0.3 is 9.64 Å². The van der Waals surface area contributed by atoms with Gasteiger partial charge in [-0.2, -0.15) is 0 Å². The second kappa shape index (κ2) is 7.24. The zero-order valence-corrected chi connectivity index (χ0v) is 14.7. The molecule has 0 aliphatic carbocycles. The van der Waals surface area contributed by atoms with Crippen LogP contribution in [0.4, 0.5) is 5.69 Å². The fourth-order valence-electron chi connectivity index (χ4n) is 3.01. The molecule has 2 aromatic carbocycles. The SMILES string of the molecule is COc1ccc(CN2CCN(c3ccccc3Cl)C(=O)[C@@H]2C)cc1. The lowest BCUT2D eigenvalue weighted by atomic mass is 10.1. The van der Waals surface area contributed by atoms with Crippen molar-refractivity contribution in [3.05, 3.63) is 59.1 Å². The highest BCUT2D eigenvalue weighted by Gasteiger charge is 2.32. The van der Waals surface area contributed by atoms with Gasteiger partial charge in [0.1, 0.15) is 5.75 Å². The monoisotopic (exact) mass is 344 g/mol. The van der Waals surface area contributed by atoms with E-state index in [4.69, 9.17) is 16.3 Å². The number of carbonyl (C=O) groups excluding carboxylic acids is 1. The highest BCUT2D eigenvalue weighted by Crippen LogP contribution is 2.28. The predicted molar refractivity (Wildman–Crippen MR) is 96.7 cm³/mol. The van der Waals surface area contributed by atoms with E-state index in [1.54, 1.807) is 12.0 Å². The van der Waals surface area contributed by atoms with Crippen LogP contribution in [0, 0.1) is 0 Å². The lowest BCUT2D eigenvalue weighted by molar-refractivity contribution is -0.125. The summed E-state index contributed by atoms with van der Waals surface area (Å²) in [6.45, 7) is 4.15. The van der Waals surface area contributed by atoms with E-state index in [-0.39, 0.29) is 11.9 Å². The Morgan fingerprint density at radius 2 is 1.83 bits per heavy atom. The largest absolute Gasteiger partial charge is 0.497 e. The highest BCUT2D eigenvalue weighted by atomic mass is 35.5. The summed E-state index contributed by atoms with van der Waals surface area (Å²) in [6.07, 6.45) is 0. The number of rotatable bonds is 4. The molecule has 24 heavy (non-hydrogen) atoms. The summed E-state index contributed by atoms with van der Waals surface area (Å²) in [5.74, 6) is 0.925. The Balaban J connectivity index is 1.71. The standard InChI is InChI=1S/C19H21ClN2O2/c1-14-19(23)22(18-6-4-3-5-17(18)20)12-11-21(14)13-15-7-9-16(24-2)10-8-15/h3-10,14H,11-13H2,1-2H3/t14-/m0/s1. The van der Waals surface area contributed by atoms with E-state index >= 15 is 0 Å². The van der Waals surface area contributed by atoms with E-state index in [2.05, 4.69) is 4.90 Å². The predicted octanol–water partition coefficient (Wildman–Crippen LogP) is 3.59. The first-order valence-corrected chi connectivity index (χ1v) is 8.41. The van der Waals surface area contributed by atoms with Crippen LogP contribution in [0.2, 0.25) is 5.02 Å². The molecule has 1 fully saturated rings. The Morgan fingerprint density at radius 1 is 1.12 bits per heavy atom. The molecule has 0 saturated carbocycles. The summed E-state index contributed by atoms with van der Waals surface area (Å²) in [4.78, 5) is 16.8. The molecule has 1 atom stereocenters. The fraction of sp³-hybridized carbons (Fsp3) is 0.316. The van der Waals surface area contributed by atoms with Crippen LogP contribution in [0.3, 0.4) is 0 Å².